The van der Waals surface area contributed by atoms with Crippen molar-refractivity contribution in [3.8, 4) is 11.3 Å². The van der Waals surface area contributed by atoms with Crippen LogP contribution in [0.5, 0.6) is 0 Å². The number of carbonyl (C=O) groups excluding carboxylic acids is 2. The Kier molecular flexibility index (Phi) is 8.71. The first kappa shape index (κ1) is 29.1. The minimum atomic E-state index is -1.13. The first-order valence-electron chi connectivity index (χ1n) is 12.9. The maximum Gasteiger partial charge on any atom is 0.262 e. The summed E-state index contributed by atoms with van der Waals surface area (Å²) < 4.78 is 8.70. The lowest BCUT2D eigenvalue weighted by Gasteiger charge is -2.30. The average molecular weight is 617 g/mol. The molecule has 1 saturated heterocycles. The molecule has 14 heteroatoms. The van der Waals surface area contributed by atoms with Gasteiger partial charge in [0.2, 0.25) is 0 Å². The molecule has 1 aliphatic rings. The molecule has 4 aromatic rings. The SMILES string of the molecule is CC(C)(CO)C(=O)n1nc(-c2c(N3CCOCC3)ccn(CC(=O)c3cncs3)c2=O)cc1NCc1ccc(Cl)s1. The molecule has 0 aliphatic carbocycles. The number of nitrogens with zero attached hydrogens (tertiary/aromatic N) is 5. The highest BCUT2D eigenvalue weighted by atomic mass is 35.5. The molecule has 1 fully saturated rings. The first-order chi connectivity index (χ1) is 19.7. The maximum absolute atomic E-state index is 14.0. The van der Waals surface area contributed by atoms with Crippen molar-refractivity contribution in [1.29, 1.82) is 0 Å². The second kappa shape index (κ2) is 12.2. The van der Waals surface area contributed by atoms with Crippen LogP contribution in [0.15, 0.2) is 47.0 Å². The highest BCUT2D eigenvalue weighted by Gasteiger charge is 2.32. The minimum absolute atomic E-state index is 0.168. The topological polar surface area (TPSA) is 132 Å². The van der Waals surface area contributed by atoms with Crippen LogP contribution in [-0.4, -0.2) is 69.0 Å². The number of halogens is 1. The molecule has 0 amide bonds. The Balaban J connectivity index is 1.60. The average Bonchev–Trinajstić information content (AvgIpc) is 3.74. The highest BCUT2D eigenvalue weighted by molar-refractivity contribution is 7.16. The number of anilines is 2. The zero-order valence-corrected chi connectivity index (χ0v) is 24.9. The number of ether oxygens (including phenoxy) is 1. The van der Waals surface area contributed by atoms with Gasteiger partial charge in [-0.1, -0.05) is 11.6 Å². The Morgan fingerprint density at radius 1 is 1.22 bits per heavy atom. The van der Waals surface area contributed by atoms with Gasteiger partial charge in [0, 0.05) is 36.4 Å². The van der Waals surface area contributed by atoms with E-state index in [1.165, 1.54) is 38.1 Å². The molecule has 0 radical (unpaired) electrons. The zero-order valence-electron chi connectivity index (χ0n) is 22.5. The number of nitrogens with one attached hydrogen (secondary N) is 1. The number of thiazole rings is 1. The molecule has 216 valence electrons. The third-order valence-electron chi connectivity index (χ3n) is 6.72. The summed E-state index contributed by atoms with van der Waals surface area (Å²) in [7, 11) is 0. The van der Waals surface area contributed by atoms with Gasteiger partial charge in [0.25, 0.3) is 11.5 Å². The van der Waals surface area contributed by atoms with Gasteiger partial charge < -0.3 is 24.6 Å². The van der Waals surface area contributed by atoms with Crippen LogP contribution in [0, 0.1) is 5.41 Å². The smallest absolute Gasteiger partial charge is 0.262 e. The Labute approximate surface area is 249 Å². The van der Waals surface area contributed by atoms with E-state index in [4.69, 9.17) is 16.3 Å². The van der Waals surface area contributed by atoms with Crippen LogP contribution >= 0.6 is 34.3 Å². The summed E-state index contributed by atoms with van der Waals surface area (Å²) in [5.41, 5.74) is 1.19. The number of rotatable bonds is 10. The van der Waals surface area contributed by atoms with Crippen LogP contribution in [0.3, 0.4) is 0 Å². The van der Waals surface area contributed by atoms with E-state index in [1.807, 2.05) is 11.0 Å². The molecule has 1 aliphatic heterocycles. The second-order valence-electron chi connectivity index (χ2n) is 10.1. The first-order valence-corrected chi connectivity index (χ1v) is 15.0. The Hall–Kier alpha value is -3.36. The number of morpholine rings is 1. The number of pyridine rings is 1. The third kappa shape index (κ3) is 6.28. The summed E-state index contributed by atoms with van der Waals surface area (Å²) in [6.07, 6.45) is 3.09. The van der Waals surface area contributed by atoms with Gasteiger partial charge in [0.05, 0.1) is 64.3 Å². The molecule has 0 bridgehead atoms. The third-order valence-corrected chi connectivity index (χ3v) is 8.77. The molecule has 2 N–H and O–H groups in total. The maximum atomic E-state index is 14.0. The van der Waals surface area contributed by atoms with E-state index in [1.54, 1.807) is 43.8 Å². The monoisotopic (exact) mass is 616 g/mol. The van der Waals surface area contributed by atoms with E-state index < -0.39 is 23.5 Å². The molecule has 5 rings (SSSR count). The number of aromatic nitrogens is 4. The van der Waals surface area contributed by atoms with E-state index in [0.29, 0.717) is 53.6 Å². The lowest BCUT2D eigenvalue weighted by molar-refractivity contribution is 0.0616. The molecule has 4 aromatic heterocycles. The van der Waals surface area contributed by atoms with Gasteiger partial charge in [0.1, 0.15) is 11.5 Å². The fraction of sp³-hybridized carbons (Fsp3) is 0.370. The number of Topliss-reactive ketones (excluding diaryl/α,β-unsaturated/α-hetero) is 1. The predicted octanol–water partition coefficient (Wildman–Crippen LogP) is 3.87. The van der Waals surface area contributed by atoms with Crippen molar-refractivity contribution in [2.24, 2.45) is 5.41 Å². The van der Waals surface area contributed by atoms with Crippen molar-refractivity contribution in [3.63, 3.8) is 0 Å². The summed E-state index contributed by atoms with van der Waals surface area (Å²) >= 11 is 8.71. The Bertz CT molecular complexity index is 1600. The van der Waals surface area contributed by atoms with Crippen molar-refractivity contribution >= 4 is 57.5 Å². The molecule has 11 nitrogen and oxygen atoms in total. The van der Waals surface area contributed by atoms with Crippen LogP contribution in [0.1, 0.15) is 33.2 Å². The van der Waals surface area contributed by atoms with Crippen LogP contribution < -0.4 is 15.8 Å². The van der Waals surface area contributed by atoms with Gasteiger partial charge in [-0.2, -0.15) is 9.78 Å². The molecule has 41 heavy (non-hydrogen) atoms. The van der Waals surface area contributed by atoms with E-state index in [2.05, 4.69) is 15.4 Å². The van der Waals surface area contributed by atoms with Gasteiger partial charge >= 0.3 is 0 Å². The van der Waals surface area contributed by atoms with Gasteiger partial charge in [-0.3, -0.25) is 19.4 Å². The van der Waals surface area contributed by atoms with Crippen LogP contribution in [0.25, 0.3) is 11.3 Å². The lowest BCUT2D eigenvalue weighted by atomic mass is 9.94. The van der Waals surface area contributed by atoms with Gasteiger partial charge in [-0.15, -0.1) is 22.7 Å². The van der Waals surface area contributed by atoms with Crippen molar-refractivity contribution in [2.75, 3.05) is 43.1 Å². The van der Waals surface area contributed by atoms with Crippen molar-refractivity contribution < 1.29 is 19.4 Å². The van der Waals surface area contributed by atoms with Gasteiger partial charge in [-0.05, 0) is 32.0 Å². The number of hydrogen-bond acceptors (Lipinski definition) is 11. The Morgan fingerprint density at radius 3 is 2.66 bits per heavy atom. The van der Waals surface area contributed by atoms with Crippen molar-refractivity contribution in [1.82, 2.24) is 19.3 Å². The minimum Gasteiger partial charge on any atom is -0.395 e. The number of carbonyl (C=O) groups is 2. The van der Waals surface area contributed by atoms with E-state index in [-0.39, 0.29) is 23.6 Å². The number of aliphatic hydroxyl groups excluding tert-OH is 1. The van der Waals surface area contributed by atoms with E-state index in [0.717, 1.165) is 4.88 Å². The molecule has 5 heterocycles. The van der Waals surface area contributed by atoms with Crippen molar-refractivity contribution in [3.05, 3.63) is 66.6 Å². The van der Waals surface area contributed by atoms with Crippen LogP contribution in [0.4, 0.5) is 11.5 Å². The molecule has 0 unspecified atom stereocenters. The normalized spacial score (nSPS) is 13.9. The standard InChI is InChI=1S/C27H29ClN6O5S2/c1-27(2,15-35)26(38)34-23(30-12-17-3-4-22(28)41-17)11-18(31-34)24-19(32-7-9-39-10-8-32)5-6-33(25(24)37)14-20(36)21-13-29-16-40-21/h3-6,11,13,16,30,35H,7-10,12,14-15H2,1-2H3. The summed E-state index contributed by atoms with van der Waals surface area (Å²) in [5.74, 6) is -0.316. The molecular weight excluding hydrogens is 588 g/mol. The van der Waals surface area contributed by atoms with Crippen LogP contribution in [-0.2, 0) is 17.8 Å². The summed E-state index contributed by atoms with van der Waals surface area (Å²) in [5, 5.41) is 17.8. The molecule has 0 atom stereocenters. The molecule has 0 aromatic carbocycles. The summed E-state index contributed by atoms with van der Waals surface area (Å²) in [4.78, 5) is 47.8. The van der Waals surface area contributed by atoms with Gasteiger partial charge in [-0.25, -0.2) is 0 Å². The summed E-state index contributed by atoms with van der Waals surface area (Å²) in [6, 6.07) is 7.12. The zero-order chi connectivity index (χ0) is 29.1. The number of hydrogen-bond donors (Lipinski definition) is 2. The lowest BCUT2D eigenvalue weighted by Crippen LogP contribution is -2.38. The Morgan fingerprint density at radius 2 is 2.00 bits per heavy atom. The largest absolute Gasteiger partial charge is 0.395 e. The fourth-order valence-corrected chi connectivity index (χ4v) is 5.93. The van der Waals surface area contributed by atoms with Crippen molar-refractivity contribution in [2.45, 2.75) is 26.9 Å². The fourth-order valence-electron chi connectivity index (χ4n) is 4.35. The predicted molar refractivity (Wildman–Crippen MR) is 160 cm³/mol. The van der Waals surface area contributed by atoms with Gasteiger partial charge in [0.15, 0.2) is 5.78 Å². The highest BCUT2D eigenvalue weighted by Crippen LogP contribution is 2.32. The molecule has 0 saturated carbocycles. The second-order valence-corrected chi connectivity index (χ2v) is 12.8. The quantitative estimate of drug-likeness (QED) is 0.255. The van der Waals surface area contributed by atoms with E-state index >= 15 is 0 Å². The molecular formula is C27H29ClN6O5S2. The van der Waals surface area contributed by atoms with E-state index in [9.17, 15) is 19.5 Å². The molecule has 0 spiro atoms. The van der Waals surface area contributed by atoms with Crippen LogP contribution in [0.2, 0.25) is 4.34 Å². The summed E-state index contributed by atoms with van der Waals surface area (Å²) in [6.45, 7) is 5.19. The number of aliphatic hydroxyl groups is 1. The number of ketones is 1. The number of thiophene rings is 1.